The van der Waals surface area contributed by atoms with Crippen LogP contribution in [0, 0.1) is 5.92 Å². The number of rotatable bonds is 5. The fourth-order valence-corrected chi connectivity index (χ4v) is 3.22. The van der Waals surface area contributed by atoms with Gasteiger partial charge < -0.3 is 14.8 Å². The number of piperidine rings is 1. The average Bonchev–Trinajstić information content (AvgIpc) is 2.55. The van der Waals surface area contributed by atoms with Crippen LogP contribution in [0.25, 0.3) is 0 Å². The maximum atomic E-state index is 6.07. The van der Waals surface area contributed by atoms with Crippen molar-refractivity contribution in [2.45, 2.75) is 25.9 Å². The van der Waals surface area contributed by atoms with Gasteiger partial charge in [0.25, 0.3) is 0 Å². The maximum absolute atomic E-state index is 6.07. The number of fused-ring (bicyclic) bond motifs is 1. The van der Waals surface area contributed by atoms with Crippen LogP contribution in [0.15, 0.2) is 24.3 Å². The summed E-state index contributed by atoms with van der Waals surface area (Å²) in [5, 5.41) is 3.50. The van der Waals surface area contributed by atoms with Crippen molar-refractivity contribution in [3.05, 3.63) is 24.3 Å². The van der Waals surface area contributed by atoms with Gasteiger partial charge in [0.15, 0.2) is 11.5 Å². The van der Waals surface area contributed by atoms with E-state index in [1.165, 1.54) is 19.4 Å². The van der Waals surface area contributed by atoms with Crippen LogP contribution in [-0.4, -0.2) is 50.3 Å². The lowest BCUT2D eigenvalue weighted by Crippen LogP contribution is -2.44. The molecule has 3 rings (SSSR count). The summed E-state index contributed by atoms with van der Waals surface area (Å²) in [7, 11) is 0. The number of benzene rings is 1. The molecule has 124 valence electrons. The van der Waals surface area contributed by atoms with Gasteiger partial charge in [0.1, 0.15) is 12.7 Å². The number of halogens is 1. The van der Waals surface area contributed by atoms with Crippen molar-refractivity contribution in [1.29, 1.82) is 0 Å². The Bertz CT molecular complexity index is 452. The monoisotopic (exact) mass is 326 g/mol. The van der Waals surface area contributed by atoms with E-state index in [9.17, 15) is 0 Å². The molecule has 1 aromatic rings. The molecule has 0 amide bonds. The van der Waals surface area contributed by atoms with E-state index >= 15 is 0 Å². The molecule has 5 heteroatoms. The number of para-hydroxylation sites is 2. The Hall–Kier alpha value is -0.970. The third-order valence-electron chi connectivity index (χ3n) is 4.39. The summed E-state index contributed by atoms with van der Waals surface area (Å²) >= 11 is 0. The second-order valence-electron chi connectivity index (χ2n) is 6.06. The Morgan fingerprint density at radius 1 is 1.23 bits per heavy atom. The van der Waals surface area contributed by atoms with E-state index in [-0.39, 0.29) is 18.5 Å². The Morgan fingerprint density at radius 2 is 2.05 bits per heavy atom. The summed E-state index contributed by atoms with van der Waals surface area (Å²) in [4.78, 5) is 2.50. The van der Waals surface area contributed by atoms with Crippen LogP contribution in [0.5, 0.6) is 11.5 Å². The zero-order valence-electron chi connectivity index (χ0n) is 13.3. The summed E-state index contributed by atoms with van der Waals surface area (Å²) in [6.45, 7) is 8.38. The van der Waals surface area contributed by atoms with Crippen LogP contribution < -0.4 is 14.8 Å². The first-order valence-corrected chi connectivity index (χ1v) is 8.16. The van der Waals surface area contributed by atoms with E-state index in [1.54, 1.807) is 0 Å². The van der Waals surface area contributed by atoms with Crippen LogP contribution in [0.2, 0.25) is 0 Å². The highest BCUT2D eigenvalue weighted by molar-refractivity contribution is 5.85. The van der Waals surface area contributed by atoms with Gasteiger partial charge in [-0.3, -0.25) is 4.90 Å². The SMILES string of the molecule is CCN(CC1CCCNC1)CC1COc2ccccc2O1.Cl. The minimum Gasteiger partial charge on any atom is -0.486 e. The third kappa shape index (κ3) is 4.51. The predicted octanol–water partition coefficient (Wildman–Crippen LogP) is 2.57. The normalized spacial score (nSPS) is 23.9. The maximum Gasteiger partial charge on any atom is 0.161 e. The lowest BCUT2D eigenvalue weighted by atomic mass is 9.99. The van der Waals surface area contributed by atoms with Crippen molar-refractivity contribution >= 4 is 12.4 Å². The molecule has 2 atom stereocenters. The van der Waals surface area contributed by atoms with Gasteiger partial charge in [0.2, 0.25) is 0 Å². The quantitative estimate of drug-likeness (QED) is 0.901. The van der Waals surface area contributed by atoms with E-state index in [4.69, 9.17) is 9.47 Å². The number of hydrogen-bond donors (Lipinski definition) is 1. The highest BCUT2D eigenvalue weighted by Gasteiger charge is 2.24. The lowest BCUT2D eigenvalue weighted by molar-refractivity contribution is 0.0543. The van der Waals surface area contributed by atoms with Crippen molar-refractivity contribution < 1.29 is 9.47 Å². The summed E-state index contributed by atoms with van der Waals surface area (Å²) in [6, 6.07) is 7.94. The van der Waals surface area contributed by atoms with E-state index in [2.05, 4.69) is 17.1 Å². The number of likely N-dealkylation sites (N-methyl/N-ethyl adjacent to an activating group) is 1. The molecule has 0 aromatic heterocycles. The Balaban J connectivity index is 0.00000176. The third-order valence-corrected chi connectivity index (χ3v) is 4.39. The van der Waals surface area contributed by atoms with E-state index < -0.39 is 0 Å². The van der Waals surface area contributed by atoms with Crippen LogP contribution in [0.4, 0.5) is 0 Å². The smallest absolute Gasteiger partial charge is 0.161 e. The molecule has 1 fully saturated rings. The van der Waals surface area contributed by atoms with Gasteiger partial charge in [-0.05, 0) is 50.5 Å². The molecule has 2 unspecified atom stereocenters. The standard InChI is InChI=1S/C17H26N2O2.ClH/c1-2-19(11-14-6-5-9-18-10-14)12-15-13-20-16-7-3-4-8-17(16)21-15;/h3-4,7-8,14-15,18H,2,5-6,9-13H2,1H3;1H. The summed E-state index contributed by atoms with van der Waals surface area (Å²) in [6.07, 6.45) is 2.78. The largest absolute Gasteiger partial charge is 0.486 e. The molecule has 1 N–H and O–H groups in total. The average molecular weight is 327 g/mol. The number of ether oxygens (including phenoxy) is 2. The molecule has 1 aromatic carbocycles. The zero-order chi connectivity index (χ0) is 14.5. The highest BCUT2D eigenvalue weighted by Crippen LogP contribution is 2.31. The van der Waals surface area contributed by atoms with E-state index in [0.717, 1.165) is 43.6 Å². The molecular weight excluding hydrogens is 300 g/mol. The fourth-order valence-electron chi connectivity index (χ4n) is 3.22. The molecule has 2 aliphatic rings. The van der Waals surface area contributed by atoms with Gasteiger partial charge in [0.05, 0.1) is 0 Å². The molecule has 0 saturated carbocycles. The number of nitrogens with one attached hydrogen (secondary N) is 1. The van der Waals surface area contributed by atoms with Crippen LogP contribution in [-0.2, 0) is 0 Å². The molecule has 1 saturated heterocycles. The number of hydrogen-bond acceptors (Lipinski definition) is 4. The van der Waals surface area contributed by atoms with Gasteiger partial charge >= 0.3 is 0 Å². The van der Waals surface area contributed by atoms with Gasteiger partial charge in [0, 0.05) is 13.1 Å². The first kappa shape index (κ1) is 17.4. The van der Waals surface area contributed by atoms with Crippen molar-refractivity contribution in [1.82, 2.24) is 10.2 Å². The second kappa shape index (κ2) is 8.61. The molecule has 0 spiro atoms. The topological polar surface area (TPSA) is 33.7 Å². The zero-order valence-corrected chi connectivity index (χ0v) is 14.1. The molecule has 22 heavy (non-hydrogen) atoms. The van der Waals surface area contributed by atoms with Gasteiger partial charge in [-0.1, -0.05) is 19.1 Å². The second-order valence-corrected chi connectivity index (χ2v) is 6.06. The predicted molar refractivity (Wildman–Crippen MR) is 91.3 cm³/mol. The van der Waals surface area contributed by atoms with Crippen molar-refractivity contribution in [2.75, 3.05) is 39.3 Å². The Morgan fingerprint density at radius 3 is 2.77 bits per heavy atom. The first-order chi connectivity index (χ1) is 10.3. The molecule has 2 aliphatic heterocycles. The van der Waals surface area contributed by atoms with Crippen LogP contribution in [0.3, 0.4) is 0 Å². The first-order valence-electron chi connectivity index (χ1n) is 8.16. The summed E-state index contributed by atoms with van der Waals surface area (Å²) in [5.74, 6) is 2.52. The van der Waals surface area contributed by atoms with Crippen molar-refractivity contribution in [3.8, 4) is 11.5 Å². The molecule has 0 radical (unpaired) electrons. The van der Waals surface area contributed by atoms with Crippen molar-refractivity contribution in [2.24, 2.45) is 5.92 Å². The molecular formula is C17H27ClN2O2. The van der Waals surface area contributed by atoms with Crippen LogP contribution >= 0.6 is 12.4 Å². The van der Waals surface area contributed by atoms with Gasteiger partial charge in [-0.2, -0.15) is 0 Å². The lowest BCUT2D eigenvalue weighted by Gasteiger charge is -2.33. The number of nitrogens with zero attached hydrogens (tertiary/aromatic N) is 1. The van der Waals surface area contributed by atoms with Crippen molar-refractivity contribution in [3.63, 3.8) is 0 Å². The minimum atomic E-state index is 0. The molecule has 0 bridgehead atoms. The molecule has 0 aliphatic carbocycles. The Kier molecular flexibility index (Phi) is 6.80. The minimum absolute atomic E-state index is 0. The molecule has 2 heterocycles. The highest BCUT2D eigenvalue weighted by atomic mass is 35.5. The summed E-state index contributed by atoms with van der Waals surface area (Å²) in [5.41, 5.74) is 0. The molecule has 4 nitrogen and oxygen atoms in total. The summed E-state index contributed by atoms with van der Waals surface area (Å²) < 4.78 is 11.9. The van der Waals surface area contributed by atoms with Crippen LogP contribution in [0.1, 0.15) is 19.8 Å². The Labute approximate surface area is 139 Å². The fraction of sp³-hybridized carbons (Fsp3) is 0.647. The van der Waals surface area contributed by atoms with E-state index in [0.29, 0.717) is 6.61 Å². The van der Waals surface area contributed by atoms with E-state index in [1.807, 2.05) is 24.3 Å². The van der Waals surface area contributed by atoms with Gasteiger partial charge in [-0.15, -0.1) is 12.4 Å². The van der Waals surface area contributed by atoms with Gasteiger partial charge in [-0.25, -0.2) is 0 Å².